The van der Waals surface area contributed by atoms with Gasteiger partial charge in [-0.3, -0.25) is 4.79 Å². The molecule has 5 heteroatoms. The minimum absolute atomic E-state index is 0.229. The van der Waals surface area contributed by atoms with E-state index in [1.165, 1.54) is 29.8 Å². The summed E-state index contributed by atoms with van der Waals surface area (Å²) in [6.07, 6.45) is 1.60. The Kier molecular flexibility index (Phi) is 4.98. The molecule has 4 nitrogen and oxygen atoms in total. The molecule has 3 aromatic rings. The van der Waals surface area contributed by atoms with Gasteiger partial charge in [0, 0.05) is 28.2 Å². The Morgan fingerprint density at radius 3 is 2.50 bits per heavy atom. The van der Waals surface area contributed by atoms with Crippen molar-refractivity contribution >= 4 is 12.1 Å². The molecule has 1 amide bonds. The van der Waals surface area contributed by atoms with Crippen LogP contribution in [0.3, 0.4) is 0 Å². The van der Waals surface area contributed by atoms with Gasteiger partial charge in [-0.15, -0.1) is 0 Å². The van der Waals surface area contributed by atoms with Crippen molar-refractivity contribution in [3.8, 4) is 5.69 Å². The average molecular weight is 349 g/mol. The number of rotatable bonds is 4. The smallest absolute Gasteiger partial charge is 0.271 e. The van der Waals surface area contributed by atoms with Crippen LogP contribution in [0.2, 0.25) is 0 Å². The zero-order valence-corrected chi connectivity index (χ0v) is 15.0. The number of hydrazone groups is 1. The van der Waals surface area contributed by atoms with Crippen molar-refractivity contribution in [1.82, 2.24) is 9.99 Å². The fourth-order valence-corrected chi connectivity index (χ4v) is 2.86. The minimum Gasteiger partial charge on any atom is -0.318 e. The highest BCUT2D eigenvalue weighted by atomic mass is 19.1. The molecule has 2 aromatic carbocycles. The summed E-state index contributed by atoms with van der Waals surface area (Å²) in [5.74, 6) is -0.906. The molecule has 0 aliphatic rings. The first-order chi connectivity index (χ1) is 12.5. The Labute approximate surface area is 152 Å². The van der Waals surface area contributed by atoms with Crippen molar-refractivity contribution in [3.63, 3.8) is 0 Å². The van der Waals surface area contributed by atoms with Gasteiger partial charge < -0.3 is 4.57 Å². The summed E-state index contributed by atoms with van der Waals surface area (Å²) < 4.78 is 15.3. The molecule has 26 heavy (non-hydrogen) atoms. The lowest BCUT2D eigenvalue weighted by Gasteiger charge is -2.09. The maximum Gasteiger partial charge on any atom is 0.271 e. The number of carbonyl (C=O) groups is 1. The molecule has 1 aromatic heterocycles. The van der Waals surface area contributed by atoms with E-state index in [0.29, 0.717) is 0 Å². The van der Waals surface area contributed by atoms with Gasteiger partial charge in [-0.1, -0.05) is 23.8 Å². The number of hydrogen-bond acceptors (Lipinski definition) is 2. The van der Waals surface area contributed by atoms with Gasteiger partial charge in [-0.25, -0.2) is 9.82 Å². The molecule has 0 aliphatic carbocycles. The topological polar surface area (TPSA) is 46.4 Å². The maximum atomic E-state index is 13.2. The second-order valence-corrected chi connectivity index (χ2v) is 6.21. The largest absolute Gasteiger partial charge is 0.318 e. The lowest BCUT2D eigenvalue weighted by atomic mass is 10.2. The zero-order chi connectivity index (χ0) is 18.7. The van der Waals surface area contributed by atoms with Crippen LogP contribution in [0, 0.1) is 26.6 Å². The van der Waals surface area contributed by atoms with Crippen LogP contribution in [0.1, 0.15) is 32.9 Å². The number of halogens is 1. The van der Waals surface area contributed by atoms with E-state index in [1.807, 2.05) is 19.9 Å². The van der Waals surface area contributed by atoms with Gasteiger partial charge in [-0.2, -0.15) is 5.10 Å². The Hall–Kier alpha value is -3.21. The van der Waals surface area contributed by atoms with Gasteiger partial charge >= 0.3 is 0 Å². The van der Waals surface area contributed by atoms with E-state index in [0.717, 1.165) is 22.6 Å². The first-order valence-corrected chi connectivity index (χ1v) is 8.30. The van der Waals surface area contributed by atoms with Gasteiger partial charge in [-0.05, 0) is 57.2 Å². The third-order valence-corrected chi connectivity index (χ3v) is 4.22. The molecule has 0 aliphatic heterocycles. The van der Waals surface area contributed by atoms with Crippen molar-refractivity contribution < 1.29 is 9.18 Å². The van der Waals surface area contributed by atoms with Crippen molar-refractivity contribution in [2.75, 3.05) is 0 Å². The predicted octanol–water partition coefficient (Wildman–Crippen LogP) is 4.31. The molecule has 0 atom stereocenters. The normalized spacial score (nSPS) is 11.1. The quantitative estimate of drug-likeness (QED) is 0.554. The monoisotopic (exact) mass is 349 g/mol. The van der Waals surface area contributed by atoms with Crippen LogP contribution in [-0.2, 0) is 0 Å². The van der Waals surface area contributed by atoms with Crippen molar-refractivity contribution in [1.29, 1.82) is 0 Å². The van der Waals surface area contributed by atoms with E-state index in [9.17, 15) is 9.18 Å². The molecule has 0 radical (unpaired) electrons. The molecule has 0 saturated carbocycles. The van der Waals surface area contributed by atoms with Gasteiger partial charge in [0.1, 0.15) is 5.82 Å². The number of hydrogen-bond donors (Lipinski definition) is 1. The van der Waals surface area contributed by atoms with Crippen LogP contribution in [0.15, 0.2) is 59.7 Å². The third-order valence-electron chi connectivity index (χ3n) is 4.22. The molecule has 132 valence electrons. The van der Waals surface area contributed by atoms with Gasteiger partial charge in [0.05, 0.1) is 6.21 Å². The van der Waals surface area contributed by atoms with Crippen molar-refractivity contribution in [2.24, 2.45) is 5.10 Å². The molecular weight excluding hydrogens is 329 g/mol. The van der Waals surface area contributed by atoms with Crippen molar-refractivity contribution in [2.45, 2.75) is 20.8 Å². The minimum atomic E-state index is -0.455. The summed E-state index contributed by atoms with van der Waals surface area (Å²) in [5.41, 5.74) is 7.95. The van der Waals surface area contributed by atoms with Crippen molar-refractivity contribution in [3.05, 3.63) is 88.5 Å². The summed E-state index contributed by atoms with van der Waals surface area (Å²) in [4.78, 5) is 12.0. The van der Waals surface area contributed by atoms with Gasteiger partial charge in [0.25, 0.3) is 5.91 Å². The molecule has 1 heterocycles. The molecule has 1 N–H and O–H groups in total. The fourth-order valence-electron chi connectivity index (χ4n) is 2.86. The second-order valence-electron chi connectivity index (χ2n) is 6.21. The number of amides is 1. The zero-order valence-electron chi connectivity index (χ0n) is 15.0. The van der Waals surface area contributed by atoms with E-state index < -0.39 is 11.7 Å². The molecule has 3 rings (SSSR count). The van der Waals surface area contributed by atoms with Gasteiger partial charge in [0.15, 0.2) is 0 Å². The van der Waals surface area contributed by atoms with E-state index in [4.69, 9.17) is 0 Å². The second kappa shape index (κ2) is 7.35. The standard InChI is InChI=1S/C21H20FN3O/c1-14-7-9-20(10-8-14)25-15(2)11-18(16(25)3)13-23-24-21(26)17-5-4-6-19(22)12-17/h4-13H,1-3H3,(H,24,26)/b23-13-. The lowest BCUT2D eigenvalue weighted by molar-refractivity contribution is 0.0954. The third kappa shape index (κ3) is 3.72. The Morgan fingerprint density at radius 2 is 1.81 bits per heavy atom. The first kappa shape index (κ1) is 17.6. The molecule has 0 bridgehead atoms. The molecule has 0 saturated heterocycles. The number of carbonyl (C=O) groups excluding carboxylic acids is 1. The predicted molar refractivity (Wildman–Crippen MR) is 101 cm³/mol. The first-order valence-electron chi connectivity index (χ1n) is 8.30. The van der Waals surface area contributed by atoms with Gasteiger partial charge in [0.2, 0.25) is 0 Å². The Bertz CT molecular complexity index is 971. The molecule has 0 spiro atoms. The summed E-state index contributed by atoms with van der Waals surface area (Å²) in [7, 11) is 0. The lowest BCUT2D eigenvalue weighted by Crippen LogP contribution is -2.17. The number of aryl methyl sites for hydroxylation is 2. The summed E-state index contributed by atoms with van der Waals surface area (Å²) in [6, 6.07) is 15.8. The van der Waals surface area contributed by atoms with Crippen LogP contribution < -0.4 is 5.43 Å². The number of nitrogens with one attached hydrogen (secondary N) is 1. The molecular formula is C21H20FN3O. The number of benzene rings is 2. The van der Waals surface area contributed by atoms with E-state index in [2.05, 4.69) is 46.3 Å². The van der Waals surface area contributed by atoms with Crippen LogP contribution in [0.4, 0.5) is 4.39 Å². The molecule has 0 fully saturated rings. The summed E-state index contributed by atoms with van der Waals surface area (Å²) in [6.45, 7) is 6.08. The highest BCUT2D eigenvalue weighted by Gasteiger charge is 2.10. The summed E-state index contributed by atoms with van der Waals surface area (Å²) in [5, 5.41) is 4.01. The van der Waals surface area contributed by atoms with Crippen LogP contribution in [-0.4, -0.2) is 16.7 Å². The highest BCUT2D eigenvalue weighted by Crippen LogP contribution is 2.20. The highest BCUT2D eigenvalue weighted by molar-refractivity contribution is 5.95. The molecule has 0 unspecified atom stereocenters. The fraction of sp³-hybridized carbons (Fsp3) is 0.143. The van der Waals surface area contributed by atoms with E-state index in [-0.39, 0.29) is 5.56 Å². The average Bonchev–Trinajstić information content (AvgIpc) is 2.89. The van der Waals surface area contributed by atoms with E-state index in [1.54, 1.807) is 6.21 Å². The van der Waals surface area contributed by atoms with E-state index >= 15 is 0 Å². The van der Waals surface area contributed by atoms with Crippen LogP contribution >= 0.6 is 0 Å². The maximum absolute atomic E-state index is 13.2. The van der Waals surface area contributed by atoms with Crippen LogP contribution in [0.5, 0.6) is 0 Å². The Balaban J connectivity index is 1.78. The number of aromatic nitrogens is 1. The summed E-state index contributed by atoms with van der Waals surface area (Å²) >= 11 is 0. The Morgan fingerprint density at radius 1 is 1.08 bits per heavy atom. The van der Waals surface area contributed by atoms with Crippen LogP contribution in [0.25, 0.3) is 5.69 Å². The number of nitrogens with zero attached hydrogens (tertiary/aromatic N) is 2. The SMILES string of the molecule is Cc1ccc(-n2c(C)cc(/C=N\NC(=O)c3cccc(F)c3)c2C)cc1.